The van der Waals surface area contributed by atoms with E-state index in [1.54, 1.807) is 0 Å². The first-order chi connectivity index (χ1) is 5.41. The Balaban J connectivity index is 0. The molecule has 0 aliphatic heterocycles. The van der Waals surface area contributed by atoms with Crippen LogP contribution in [0.5, 0.6) is 0 Å². The van der Waals surface area contributed by atoms with Gasteiger partial charge in [0.1, 0.15) is 0 Å². The van der Waals surface area contributed by atoms with Crippen LogP contribution < -0.4 is 0 Å². The van der Waals surface area contributed by atoms with Crippen LogP contribution in [0.4, 0.5) is 0 Å². The second-order valence-corrected chi connectivity index (χ2v) is 4.43. The second-order valence-electron chi connectivity index (χ2n) is 3.22. The van der Waals surface area contributed by atoms with Crippen LogP contribution in [-0.4, -0.2) is 12.8 Å². The quantitative estimate of drug-likeness (QED) is 0.427. The van der Waals surface area contributed by atoms with Crippen LogP contribution in [0.2, 0.25) is 0 Å². The fourth-order valence-electron chi connectivity index (χ4n) is 1.26. The maximum absolute atomic E-state index is 2.30. The third-order valence-corrected chi connectivity index (χ3v) is 2.88. The molecule has 0 nitrogen and oxygen atoms in total. The molecule has 71 valence electrons. The topological polar surface area (TPSA) is 0 Å². The van der Waals surface area contributed by atoms with Crippen LogP contribution >= 0.6 is 8.58 Å². The fourth-order valence-corrected chi connectivity index (χ4v) is 1.86. The molecular formula is C10H23PSc. The number of rotatable bonds is 8. The van der Waals surface area contributed by atoms with E-state index in [0.29, 0.717) is 0 Å². The molecule has 0 bridgehead atoms. The Kier molecular flexibility index (Phi) is 19.4. The Labute approximate surface area is 98.8 Å². The third-order valence-electron chi connectivity index (χ3n) is 2.03. The number of hydrogen-bond donors (Lipinski definition) is 0. The zero-order chi connectivity index (χ0) is 8.36. The molecular weight excluding hydrogens is 196 g/mol. The summed E-state index contributed by atoms with van der Waals surface area (Å²) in [5, 5.41) is 0. The van der Waals surface area contributed by atoms with E-state index < -0.39 is 0 Å². The Bertz CT molecular complexity index is 58.9. The number of unbranched alkanes of at least 4 members (excludes halogenated alkanes) is 6. The summed E-state index contributed by atoms with van der Waals surface area (Å²) in [6, 6.07) is 0. The van der Waals surface area contributed by atoms with Gasteiger partial charge in [-0.1, -0.05) is 45.4 Å². The van der Waals surface area contributed by atoms with Crippen molar-refractivity contribution in [3.05, 3.63) is 0 Å². The summed E-state index contributed by atoms with van der Waals surface area (Å²) in [6.45, 7) is 4.58. The maximum Gasteiger partial charge on any atom is 0 e. The van der Waals surface area contributed by atoms with E-state index in [4.69, 9.17) is 0 Å². The molecule has 0 aromatic carbocycles. The SMILES string of the molecule is CCCCCCCCCPC.[Sc]. The van der Waals surface area contributed by atoms with E-state index in [9.17, 15) is 0 Å². The van der Waals surface area contributed by atoms with Crippen LogP contribution in [0.25, 0.3) is 0 Å². The summed E-state index contributed by atoms with van der Waals surface area (Å²) in [7, 11) is 1.17. The van der Waals surface area contributed by atoms with Gasteiger partial charge in [0.25, 0.3) is 0 Å². The van der Waals surface area contributed by atoms with Crippen molar-refractivity contribution in [1.29, 1.82) is 0 Å². The van der Waals surface area contributed by atoms with Gasteiger partial charge in [0.15, 0.2) is 0 Å². The first-order valence-corrected chi connectivity index (χ1v) is 6.77. The van der Waals surface area contributed by atoms with E-state index in [0.717, 1.165) is 0 Å². The van der Waals surface area contributed by atoms with Crippen LogP contribution in [0.3, 0.4) is 0 Å². The zero-order valence-electron chi connectivity index (χ0n) is 8.73. The summed E-state index contributed by atoms with van der Waals surface area (Å²) in [5.74, 6) is 0. The fraction of sp³-hybridized carbons (Fsp3) is 1.00. The Hall–Kier alpha value is 1.30. The van der Waals surface area contributed by atoms with Crippen LogP contribution in [0.15, 0.2) is 0 Å². The predicted octanol–water partition coefficient (Wildman–Crippen LogP) is 4.04. The van der Waals surface area contributed by atoms with Crippen LogP contribution in [-0.2, 0) is 25.8 Å². The molecule has 0 aromatic rings. The molecule has 0 fully saturated rings. The molecule has 12 heavy (non-hydrogen) atoms. The monoisotopic (exact) mass is 219 g/mol. The average Bonchev–Trinajstić information content (AvgIpc) is 2.03. The minimum atomic E-state index is 0. The molecule has 1 unspecified atom stereocenters. The largest absolute Gasteiger partial charge is 0.125 e. The van der Waals surface area contributed by atoms with E-state index in [-0.39, 0.29) is 25.8 Å². The Morgan fingerprint density at radius 3 is 1.83 bits per heavy atom. The summed E-state index contributed by atoms with van der Waals surface area (Å²) in [5.41, 5.74) is 0. The van der Waals surface area contributed by atoms with E-state index in [1.807, 2.05) is 0 Å². The first kappa shape index (κ1) is 15.8. The van der Waals surface area contributed by atoms with Crippen molar-refractivity contribution in [3.63, 3.8) is 0 Å². The van der Waals surface area contributed by atoms with Gasteiger partial charge in [-0.05, 0) is 19.2 Å². The normalized spacial score (nSPS) is 10.5. The molecule has 0 aromatic heterocycles. The Morgan fingerprint density at radius 2 is 1.33 bits per heavy atom. The average molecular weight is 219 g/mol. The summed E-state index contributed by atoms with van der Waals surface area (Å²) in [4.78, 5) is 0. The number of hydrogen-bond acceptors (Lipinski definition) is 0. The van der Waals surface area contributed by atoms with Gasteiger partial charge in [0, 0.05) is 25.8 Å². The predicted molar refractivity (Wildman–Crippen MR) is 57.1 cm³/mol. The van der Waals surface area contributed by atoms with Crippen LogP contribution in [0, 0.1) is 0 Å². The van der Waals surface area contributed by atoms with E-state index in [2.05, 4.69) is 13.6 Å². The maximum atomic E-state index is 2.30. The molecule has 0 aliphatic carbocycles. The van der Waals surface area contributed by atoms with Gasteiger partial charge in [-0.2, -0.15) is 0 Å². The van der Waals surface area contributed by atoms with Gasteiger partial charge in [-0.15, -0.1) is 8.58 Å². The third kappa shape index (κ3) is 13.9. The molecule has 0 saturated heterocycles. The van der Waals surface area contributed by atoms with Gasteiger partial charge >= 0.3 is 0 Å². The van der Waals surface area contributed by atoms with Crippen molar-refractivity contribution in [2.45, 2.75) is 51.9 Å². The standard InChI is InChI=1S/C10H23P.Sc/c1-3-4-5-6-7-8-9-10-11-2;/h11H,3-10H2,1-2H3;. The molecule has 0 aliphatic rings. The van der Waals surface area contributed by atoms with Gasteiger partial charge < -0.3 is 0 Å². The van der Waals surface area contributed by atoms with Crippen molar-refractivity contribution in [3.8, 4) is 0 Å². The van der Waals surface area contributed by atoms with E-state index >= 15 is 0 Å². The van der Waals surface area contributed by atoms with Crippen LogP contribution in [0.1, 0.15) is 51.9 Å². The summed E-state index contributed by atoms with van der Waals surface area (Å²) in [6.07, 6.45) is 11.6. The molecule has 0 saturated carbocycles. The zero-order valence-corrected chi connectivity index (χ0v) is 11.5. The Morgan fingerprint density at radius 1 is 0.833 bits per heavy atom. The smallest absolute Gasteiger partial charge is 0 e. The molecule has 0 spiro atoms. The van der Waals surface area contributed by atoms with Gasteiger partial charge in [0.2, 0.25) is 0 Å². The molecule has 0 N–H and O–H groups in total. The van der Waals surface area contributed by atoms with Crippen molar-refractivity contribution >= 4 is 8.58 Å². The van der Waals surface area contributed by atoms with Crippen molar-refractivity contribution in [2.75, 3.05) is 12.8 Å². The summed E-state index contributed by atoms with van der Waals surface area (Å²) >= 11 is 0. The van der Waals surface area contributed by atoms with Crippen molar-refractivity contribution < 1.29 is 25.8 Å². The molecule has 1 atom stereocenters. The molecule has 1 radical (unpaired) electrons. The van der Waals surface area contributed by atoms with E-state index in [1.165, 1.54) is 59.7 Å². The van der Waals surface area contributed by atoms with Crippen molar-refractivity contribution in [1.82, 2.24) is 0 Å². The molecule has 0 rings (SSSR count). The van der Waals surface area contributed by atoms with Crippen molar-refractivity contribution in [2.24, 2.45) is 0 Å². The minimum absolute atomic E-state index is 0. The minimum Gasteiger partial charge on any atom is -0.125 e. The van der Waals surface area contributed by atoms with Gasteiger partial charge in [0.05, 0.1) is 0 Å². The molecule has 2 heteroatoms. The van der Waals surface area contributed by atoms with Gasteiger partial charge in [-0.3, -0.25) is 0 Å². The first-order valence-electron chi connectivity index (χ1n) is 5.06. The molecule has 0 heterocycles. The second kappa shape index (κ2) is 14.8. The van der Waals surface area contributed by atoms with Gasteiger partial charge in [-0.25, -0.2) is 0 Å². The summed E-state index contributed by atoms with van der Waals surface area (Å²) < 4.78 is 0. The molecule has 0 amide bonds.